The maximum atomic E-state index is 12.7. The van der Waals surface area contributed by atoms with Crippen LogP contribution in [-0.2, 0) is 11.3 Å². The molecule has 1 aliphatic heterocycles. The molecule has 0 N–H and O–H groups in total. The van der Waals surface area contributed by atoms with E-state index >= 15 is 0 Å². The second kappa shape index (κ2) is 5.60. The molecule has 1 saturated heterocycles. The number of likely N-dealkylation sites (tertiary alicyclic amines) is 1. The highest BCUT2D eigenvalue weighted by molar-refractivity contribution is 5.87. The number of rotatable bonds is 3. The lowest BCUT2D eigenvalue weighted by Gasteiger charge is -2.52. The lowest BCUT2D eigenvalue weighted by Crippen LogP contribution is -2.58. The van der Waals surface area contributed by atoms with Gasteiger partial charge in [-0.3, -0.25) is 4.79 Å². The van der Waals surface area contributed by atoms with Crippen molar-refractivity contribution in [2.45, 2.75) is 33.4 Å². The minimum Gasteiger partial charge on any atom is -0.330 e. The summed E-state index contributed by atoms with van der Waals surface area (Å²) in [6.45, 7) is 7.16. The summed E-state index contributed by atoms with van der Waals surface area (Å²) >= 11 is 0. The van der Waals surface area contributed by atoms with Gasteiger partial charge in [-0.25, -0.2) is 0 Å². The van der Waals surface area contributed by atoms with Crippen molar-refractivity contribution in [3.8, 4) is 0 Å². The third kappa shape index (κ3) is 2.66. The monoisotopic (exact) mass is 293 g/mol. The summed E-state index contributed by atoms with van der Waals surface area (Å²) in [5.41, 5.74) is 2.40. The Balaban J connectivity index is 1.90. The van der Waals surface area contributed by atoms with E-state index in [1.807, 2.05) is 29.2 Å². The van der Waals surface area contributed by atoms with E-state index in [1.54, 1.807) is 0 Å². The molecule has 2 heteroatoms. The van der Waals surface area contributed by atoms with Crippen LogP contribution in [0.3, 0.4) is 0 Å². The molecule has 0 saturated carbocycles. The first-order valence-electron chi connectivity index (χ1n) is 7.88. The van der Waals surface area contributed by atoms with Gasteiger partial charge in [-0.1, -0.05) is 81.4 Å². The maximum Gasteiger partial charge on any atom is 0.229 e. The van der Waals surface area contributed by atoms with Crippen LogP contribution in [0.15, 0.2) is 60.7 Å². The fourth-order valence-corrected chi connectivity index (χ4v) is 3.37. The number of amides is 1. The molecule has 1 heterocycles. The Hall–Kier alpha value is -2.09. The quantitative estimate of drug-likeness (QED) is 0.766. The molecular formula is C20H23NO. The van der Waals surface area contributed by atoms with Crippen LogP contribution in [0.4, 0.5) is 0 Å². The van der Waals surface area contributed by atoms with E-state index in [1.165, 1.54) is 11.1 Å². The highest BCUT2D eigenvalue weighted by Crippen LogP contribution is 2.49. The largest absolute Gasteiger partial charge is 0.330 e. The van der Waals surface area contributed by atoms with Gasteiger partial charge in [-0.15, -0.1) is 0 Å². The Morgan fingerprint density at radius 2 is 1.45 bits per heavy atom. The van der Waals surface area contributed by atoms with Gasteiger partial charge in [0.25, 0.3) is 0 Å². The van der Waals surface area contributed by atoms with Gasteiger partial charge >= 0.3 is 0 Å². The summed E-state index contributed by atoms with van der Waals surface area (Å²) in [5, 5.41) is 0. The molecule has 1 fully saturated rings. The number of β-lactam (4-membered cyclic amide) rings is 1. The third-order valence-corrected chi connectivity index (χ3v) is 4.47. The summed E-state index contributed by atoms with van der Waals surface area (Å²) in [4.78, 5) is 14.7. The van der Waals surface area contributed by atoms with Gasteiger partial charge in [-0.2, -0.15) is 0 Å². The van der Waals surface area contributed by atoms with Gasteiger partial charge < -0.3 is 4.90 Å². The van der Waals surface area contributed by atoms with Gasteiger partial charge in [0.1, 0.15) is 0 Å². The van der Waals surface area contributed by atoms with Crippen molar-refractivity contribution in [2.75, 3.05) is 0 Å². The molecule has 1 aliphatic rings. The van der Waals surface area contributed by atoms with Gasteiger partial charge in [0.2, 0.25) is 5.91 Å². The van der Waals surface area contributed by atoms with Crippen LogP contribution >= 0.6 is 0 Å². The fraction of sp³-hybridized carbons (Fsp3) is 0.350. The molecule has 1 amide bonds. The normalized spacial score (nSPS) is 21.6. The average molecular weight is 293 g/mol. The van der Waals surface area contributed by atoms with Gasteiger partial charge in [0, 0.05) is 6.54 Å². The van der Waals surface area contributed by atoms with Crippen LogP contribution in [0.5, 0.6) is 0 Å². The van der Waals surface area contributed by atoms with Crippen LogP contribution in [0.2, 0.25) is 0 Å². The molecule has 2 atom stereocenters. The lowest BCUT2D eigenvalue weighted by molar-refractivity contribution is -0.166. The fourth-order valence-electron chi connectivity index (χ4n) is 3.37. The molecule has 0 spiro atoms. The Bertz CT molecular complexity index is 642. The van der Waals surface area contributed by atoms with E-state index in [0.29, 0.717) is 6.54 Å². The smallest absolute Gasteiger partial charge is 0.229 e. The van der Waals surface area contributed by atoms with Crippen molar-refractivity contribution in [3.63, 3.8) is 0 Å². The van der Waals surface area contributed by atoms with Crippen LogP contribution in [-0.4, -0.2) is 10.8 Å². The van der Waals surface area contributed by atoms with Crippen molar-refractivity contribution in [1.82, 2.24) is 4.90 Å². The maximum absolute atomic E-state index is 12.7. The highest BCUT2D eigenvalue weighted by atomic mass is 16.2. The van der Waals surface area contributed by atoms with E-state index in [9.17, 15) is 4.79 Å². The van der Waals surface area contributed by atoms with Crippen molar-refractivity contribution in [3.05, 3.63) is 71.8 Å². The van der Waals surface area contributed by atoms with E-state index in [4.69, 9.17) is 0 Å². The van der Waals surface area contributed by atoms with Crippen molar-refractivity contribution in [1.29, 1.82) is 0 Å². The van der Waals surface area contributed by atoms with Crippen LogP contribution in [0, 0.1) is 11.3 Å². The summed E-state index contributed by atoms with van der Waals surface area (Å²) in [6, 6.07) is 20.8. The van der Waals surface area contributed by atoms with Gasteiger partial charge in [0.05, 0.1) is 12.0 Å². The third-order valence-electron chi connectivity index (χ3n) is 4.47. The summed E-state index contributed by atoms with van der Waals surface area (Å²) < 4.78 is 0. The summed E-state index contributed by atoms with van der Waals surface area (Å²) in [7, 11) is 0. The SMILES string of the molecule is CC(C)(C)C1C(=O)N(Cc2ccccc2)C1c1ccccc1. The minimum atomic E-state index is -0.0230. The topological polar surface area (TPSA) is 20.3 Å². The van der Waals surface area contributed by atoms with E-state index < -0.39 is 0 Å². The Labute approximate surface area is 132 Å². The zero-order valence-corrected chi connectivity index (χ0v) is 13.5. The number of hydrogen-bond acceptors (Lipinski definition) is 1. The summed E-state index contributed by atoms with van der Waals surface area (Å²) in [5.74, 6) is 0.323. The predicted octanol–water partition coefficient (Wildman–Crippen LogP) is 4.43. The number of benzene rings is 2. The van der Waals surface area contributed by atoms with Crippen LogP contribution in [0.25, 0.3) is 0 Å². The zero-order valence-electron chi connectivity index (χ0n) is 13.5. The standard InChI is InChI=1S/C20H23NO/c1-20(2,3)17-18(16-12-8-5-9-13-16)21(19(17)22)14-15-10-6-4-7-11-15/h4-13,17-18H,14H2,1-3H3. The molecule has 0 aromatic heterocycles. The van der Waals surface area contributed by atoms with Gasteiger partial charge in [-0.05, 0) is 16.5 Å². The summed E-state index contributed by atoms with van der Waals surface area (Å²) in [6.07, 6.45) is 0. The molecule has 3 rings (SSSR count). The Morgan fingerprint density at radius 1 is 0.909 bits per heavy atom. The minimum absolute atomic E-state index is 0.0230. The molecule has 0 bridgehead atoms. The number of nitrogens with zero attached hydrogens (tertiary/aromatic N) is 1. The van der Waals surface area contributed by atoms with Gasteiger partial charge in [0.15, 0.2) is 0 Å². The molecule has 2 aromatic carbocycles. The Morgan fingerprint density at radius 3 is 2.00 bits per heavy atom. The molecule has 22 heavy (non-hydrogen) atoms. The molecule has 2 unspecified atom stereocenters. The predicted molar refractivity (Wildman–Crippen MR) is 89.1 cm³/mol. The zero-order chi connectivity index (χ0) is 15.7. The second-order valence-electron chi connectivity index (χ2n) is 7.15. The van der Waals surface area contributed by atoms with Crippen LogP contribution in [0.1, 0.15) is 37.9 Å². The molecule has 2 aromatic rings. The number of carbonyl (C=O) groups is 1. The average Bonchev–Trinajstić information content (AvgIpc) is 2.50. The van der Waals surface area contributed by atoms with Crippen molar-refractivity contribution < 1.29 is 4.79 Å². The molecule has 0 radical (unpaired) electrons. The highest BCUT2D eigenvalue weighted by Gasteiger charge is 2.52. The van der Waals surface area contributed by atoms with Crippen LogP contribution < -0.4 is 0 Å². The first-order valence-corrected chi connectivity index (χ1v) is 7.88. The molecular weight excluding hydrogens is 270 g/mol. The Kier molecular flexibility index (Phi) is 3.78. The van der Waals surface area contributed by atoms with Crippen molar-refractivity contribution >= 4 is 5.91 Å². The first-order chi connectivity index (χ1) is 10.5. The van der Waals surface area contributed by atoms with E-state index in [2.05, 4.69) is 57.2 Å². The molecule has 114 valence electrons. The second-order valence-corrected chi connectivity index (χ2v) is 7.15. The number of hydrogen-bond donors (Lipinski definition) is 0. The van der Waals surface area contributed by atoms with Crippen molar-refractivity contribution in [2.24, 2.45) is 11.3 Å². The molecule has 0 aliphatic carbocycles. The van der Waals surface area contributed by atoms with E-state index in [-0.39, 0.29) is 23.3 Å². The van der Waals surface area contributed by atoms with E-state index in [0.717, 1.165) is 0 Å². The first kappa shape index (κ1) is 14.8. The molecule has 2 nitrogen and oxygen atoms in total. The lowest BCUT2D eigenvalue weighted by atomic mass is 9.67. The number of carbonyl (C=O) groups excluding carboxylic acids is 1.